The second-order valence-corrected chi connectivity index (χ2v) is 10.3. The zero-order valence-electron chi connectivity index (χ0n) is 21.0. The third-order valence-corrected chi connectivity index (χ3v) is 7.04. The van der Waals surface area contributed by atoms with Gasteiger partial charge in [-0.25, -0.2) is 0 Å². The molecule has 0 radical (unpaired) electrons. The number of hydrogen-bond acceptors (Lipinski definition) is 7. The molecule has 0 unspecified atom stereocenters. The summed E-state index contributed by atoms with van der Waals surface area (Å²) in [6.07, 6.45) is 0.176. The van der Waals surface area contributed by atoms with E-state index in [2.05, 4.69) is 15.5 Å². The maximum absolute atomic E-state index is 13.5. The Kier molecular flexibility index (Phi) is 10.0. The summed E-state index contributed by atoms with van der Waals surface area (Å²) in [5.74, 6) is -1.08. The monoisotopic (exact) mass is 595 g/mol. The largest absolute Gasteiger partial charge is 1.00 e. The Morgan fingerprint density at radius 2 is 1.77 bits per heavy atom. The van der Waals surface area contributed by atoms with E-state index in [-0.39, 0.29) is 69.2 Å². The van der Waals surface area contributed by atoms with Crippen LogP contribution in [0, 0.1) is 0 Å². The third-order valence-electron chi connectivity index (χ3n) is 5.67. The van der Waals surface area contributed by atoms with Crippen molar-refractivity contribution in [3.63, 3.8) is 0 Å². The van der Waals surface area contributed by atoms with Gasteiger partial charge in [-0.15, -0.1) is 0 Å². The SMILES string of the molecule is CCc1c(N=Nc2c([O-])c(C(=O)Nc3cc(Cl)ccc3OC)cc3ccccc23)cc(Cl)cc1S(=O)(=O)O.[Na+]. The van der Waals surface area contributed by atoms with Gasteiger partial charge in [0.2, 0.25) is 0 Å². The minimum atomic E-state index is -4.59. The van der Waals surface area contributed by atoms with E-state index in [1.807, 2.05) is 0 Å². The van der Waals surface area contributed by atoms with Gasteiger partial charge in [0.15, 0.2) is 0 Å². The fourth-order valence-corrected chi connectivity index (χ4v) is 5.21. The number of ether oxygens (including phenoxy) is 1. The number of rotatable bonds is 7. The molecule has 0 saturated carbocycles. The van der Waals surface area contributed by atoms with Crippen molar-refractivity contribution in [3.8, 4) is 11.5 Å². The molecule has 4 aromatic rings. The van der Waals surface area contributed by atoms with Gasteiger partial charge in [-0.05, 0) is 48.2 Å². The molecular weight excluding hydrogens is 576 g/mol. The first-order valence-corrected chi connectivity index (χ1v) is 13.3. The van der Waals surface area contributed by atoms with Gasteiger partial charge < -0.3 is 15.2 Å². The number of benzene rings is 4. The maximum Gasteiger partial charge on any atom is 1.00 e. The zero-order chi connectivity index (χ0) is 27.6. The van der Waals surface area contributed by atoms with E-state index in [1.165, 1.54) is 25.3 Å². The van der Waals surface area contributed by atoms with Crippen molar-refractivity contribution >= 4 is 67.1 Å². The molecule has 9 nitrogen and oxygen atoms in total. The van der Waals surface area contributed by atoms with Gasteiger partial charge in [0, 0.05) is 26.6 Å². The average molecular weight is 596 g/mol. The second-order valence-electron chi connectivity index (χ2n) is 8.05. The third kappa shape index (κ3) is 6.72. The quantitative estimate of drug-likeness (QED) is 0.189. The van der Waals surface area contributed by atoms with E-state index in [0.717, 1.165) is 6.07 Å². The van der Waals surface area contributed by atoms with E-state index >= 15 is 0 Å². The normalized spacial score (nSPS) is 11.4. The van der Waals surface area contributed by atoms with Crippen LogP contribution in [0.3, 0.4) is 0 Å². The van der Waals surface area contributed by atoms with Gasteiger partial charge in [0.25, 0.3) is 16.0 Å². The van der Waals surface area contributed by atoms with Crippen LogP contribution >= 0.6 is 23.2 Å². The molecule has 13 heteroatoms. The molecule has 4 rings (SSSR count). The predicted molar refractivity (Wildman–Crippen MR) is 144 cm³/mol. The first-order valence-electron chi connectivity index (χ1n) is 11.1. The molecule has 0 aliphatic heterocycles. The molecular formula is C26H20Cl2N3NaO6S. The number of fused-ring (bicyclic) bond motifs is 1. The topological polar surface area (TPSA) is 140 Å². The Labute approximate surface area is 256 Å². The molecule has 0 bridgehead atoms. The van der Waals surface area contributed by atoms with Gasteiger partial charge in [0.05, 0.1) is 24.2 Å². The smallest absolute Gasteiger partial charge is 0.870 e. The number of azo groups is 1. The van der Waals surface area contributed by atoms with Crippen molar-refractivity contribution < 1.29 is 57.2 Å². The molecule has 0 fully saturated rings. The number of carbonyl (C=O) groups is 1. The number of nitrogens with one attached hydrogen (secondary N) is 1. The number of anilines is 1. The summed E-state index contributed by atoms with van der Waals surface area (Å²) in [4.78, 5) is 12.8. The molecule has 0 aliphatic carbocycles. The molecule has 39 heavy (non-hydrogen) atoms. The van der Waals surface area contributed by atoms with Crippen molar-refractivity contribution in [2.24, 2.45) is 10.2 Å². The van der Waals surface area contributed by atoms with Gasteiger partial charge in [-0.1, -0.05) is 60.1 Å². The molecule has 196 valence electrons. The van der Waals surface area contributed by atoms with Gasteiger partial charge >= 0.3 is 29.6 Å². The van der Waals surface area contributed by atoms with Crippen LogP contribution in [0.15, 0.2) is 75.8 Å². The number of carbonyl (C=O) groups excluding carboxylic acids is 1. The van der Waals surface area contributed by atoms with Crippen LogP contribution in [0.2, 0.25) is 10.0 Å². The van der Waals surface area contributed by atoms with Crippen LogP contribution in [0.25, 0.3) is 10.8 Å². The molecule has 2 N–H and O–H groups in total. The number of halogens is 2. The number of methoxy groups -OCH3 is 1. The van der Waals surface area contributed by atoms with Crippen LogP contribution in [0.4, 0.5) is 17.1 Å². The summed E-state index contributed by atoms with van der Waals surface area (Å²) in [5, 5.41) is 25.7. The zero-order valence-corrected chi connectivity index (χ0v) is 25.4. The van der Waals surface area contributed by atoms with Crippen LogP contribution in [-0.4, -0.2) is 26.0 Å². The Bertz CT molecular complexity index is 1710. The molecule has 0 heterocycles. The molecule has 4 aromatic carbocycles. The summed E-state index contributed by atoms with van der Waals surface area (Å²) in [6.45, 7) is 1.67. The van der Waals surface area contributed by atoms with Gasteiger partial charge in [0.1, 0.15) is 10.6 Å². The fraction of sp³-hybridized carbons (Fsp3) is 0.115. The standard InChI is InChI=1S/C26H21Cl2N3O6S.Na/c1-3-17-20(12-16(28)13-23(17)38(34,35)36)30-31-24-18-7-5-4-6-14(18)10-19(25(24)32)26(33)29-21-11-15(27)8-9-22(21)37-2;/h4-13,32H,3H2,1-2H3,(H,29,33)(H,34,35,36);/q;+1/p-1. The second kappa shape index (κ2) is 12.6. The first kappa shape index (κ1) is 30.8. The van der Waals surface area contributed by atoms with Crippen LogP contribution < -0.4 is 44.7 Å². The summed E-state index contributed by atoms with van der Waals surface area (Å²) >= 11 is 12.1. The average Bonchev–Trinajstić information content (AvgIpc) is 2.87. The Hall–Kier alpha value is -2.70. The van der Waals surface area contributed by atoms with Crippen molar-refractivity contribution in [2.75, 3.05) is 12.4 Å². The van der Waals surface area contributed by atoms with E-state index in [4.69, 9.17) is 27.9 Å². The molecule has 0 aliphatic rings. The van der Waals surface area contributed by atoms with Crippen molar-refractivity contribution in [1.29, 1.82) is 0 Å². The van der Waals surface area contributed by atoms with E-state index in [9.17, 15) is 22.9 Å². The Balaban J connectivity index is 0.00000420. The van der Waals surface area contributed by atoms with Gasteiger partial charge in [-0.3, -0.25) is 9.35 Å². The minimum Gasteiger partial charge on any atom is -0.870 e. The van der Waals surface area contributed by atoms with Crippen LogP contribution in [0.1, 0.15) is 22.8 Å². The molecule has 0 aromatic heterocycles. The van der Waals surface area contributed by atoms with E-state index < -0.39 is 26.7 Å². The number of hydrogen-bond donors (Lipinski definition) is 2. The molecule has 1 amide bonds. The van der Waals surface area contributed by atoms with E-state index in [1.54, 1.807) is 43.3 Å². The fourth-order valence-electron chi connectivity index (χ4n) is 3.92. The first-order chi connectivity index (χ1) is 18.0. The summed E-state index contributed by atoms with van der Waals surface area (Å²) < 4.78 is 38.6. The van der Waals surface area contributed by atoms with E-state index in [0.29, 0.717) is 21.5 Å². The minimum absolute atomic E-state index is 0. The molecule has 0 spiro atoms. The molecule has 0 saturated heterocycles. The van der Waals surface area contributed by atoms with Crippen LogP contribution in [-0.2, 0) is 16.5 Å². The summed E-state index contributed by atoms with van der Waals surface area (Å²) in [5.41, 5.74) is 0.140. The number of amides is 1. The van der Waals surface area contributed by atoms with Crippen molar-refractivity contribution in [1.82, 2.24) is 0 Å². The maximum atomic E-state index is 13.5. The number of nitrogens with zero attached hydrogens (tertiary/aromatic N) is 2. The predicted octanol–water partition coefficient (Wildman–Crippen LogP) is 3.71. The van der Waals surface area contributed by atoms with Gasteiger partial charge in [-0.2, -0.15) is 18.6 Å². The van der Waals surface area contributed by atoms with Crippen molar-refractivity contribution in [3.05, 3.63) is 81.8 Å². The Morgan fingerprint density at radius 3 is 2.44 bits per heavy atom. The summed E-state index contributed by atoms with van der Waals surface area (Å²) in [6, 6.07) is 15.4. The van der Waals surface area contributed by atoms with Crippen LogP contribution in [0.5, 0.6) is 11.5 Å². The Morgan fingerprint density at radius 1 is 1.05 bits per heavy atom. The van der Waals surface area contributed by atoms with Crippen molar-refractivity contribution in [2.45, 2.75) is 18.2 Å². The molecule has 0 atom stereocenters. The summed E-state index contributed by atoms with van der Waals surface area (Å²) in [7, 11) is -3.16.